The monoisotopic (exact) mass is 669 g/mol. The molecule has 0 atom stereocenters. The van der Waals surface area contributed by atoms with Gasteiger partial charge >= 0.3 is 0 Å². The molecule has 6 aromatic carbocycles. The van der Waals surface area contributed by atoms with Gasteiger partial charge in [-0.25, -0.2) is 15.0 Å². The van der Waals surface area contributed by atoms with E-state index in [-0.39, 0.29) is 5.41 Å². The lowest BCUT2D eigenvalue weighted by molar-refractivity contribution is 0.660. The Hall–Kier alpha value is -6.45. The van der Waals surface area contributed by atoms with E-state index in [1.807, 2.05) is 67.6 Å². The molecular weight excluding hydrogens is 631 g/mol. The zero-order valence-corrected chi connectivity index (χ0v) is 29.7. The van der Waals surface area contributed by atoms with Crippen LogP contribution in [0.2, 0.25) is 0 Å². The summed E-state index contributed by atoms with van der Waals surface area (Å²) in [6, 6.07) is 51.5. The molecule has 1 aliphatic carbocycles. The minimum absolute atomic E-state index is 0.0933. The molecular formula is C49H39N3. The van der Waals surface area contributed by atoms with Crippen LogP contribution in [0, 0.1) is 0 Å². The molecule has 0 spiro atoms. The lowest BCUT2D eigenvalue weighted by atomic mass is 9.81. The number of nitrogens with zero attached hydrogens (tertiary/aromatic N) is 3. The maximum absolute atomic E-state index is 5.14. The van der Waals surface area contributed by atoms with Gasteiger partial charge in [0.25, 0.3) is 0 Å². The van der Waals surface area contributed by atoms with E-state index in [1.165, 1.54) is 27.8 Å². The molecule has 3 heteroatoms. The highest BCUT2D eigenvalue weighted by Gasteiger charge is 2.35. The van der Waals surface area contributed by atoms with Crippen LogP contribution in [0.3, 0.4) is 0 Å². The van der Waals surface area contributed by atoms with E-state index >= 15 is 0 Å². The Morgan fingerprint density at radius 2 is 0.923 bits per heavy atom. The molecule has 0 N–H and O–H groups in total. The highest BCUT2D eigenvalue weighted by molar-refractivity contribution is 5.86. The maximum atomic E-state index is 5.14. The van der Waals surface area contributed by atoms with E-state index in [0.29, 0.717) is 17.5 Å². The second-order valence-electron chi connectivity index (χ2n) is 13.7. The van der Waals surface area contributed by atoms with Crippen LogP contribution in [-0.4, -0.2) is 15.0 Å². The Morgan fingerprint density at radius 1 is 0.404 bits per heavy atom. The van der Waals surface area contributed by atoms with Crippen molar-refractivity contribution in [2.75, 3.05) is 0 Å². The minimum Gasteiger partial charge on any atom is -0.208 e. The number of aromatic nitrogens is 3. The Kier molecular flexibility index (Phi) is 8.84. The Bertz CT molecular complexity index is 2470. The van der Waals surface area contributed by atoms with Crippen molar-refractivity contribution in [3.05, 3.63) is 193 Å². The molecule has 1 heterocycles. The molecule has 0 radical (unpaired) electrons. The Labute approximate surface area is 306 Å². The molecule has 250 valence electrons. The molecule has 1 aliphatic rings. The third kappa shape index (κ3) is 6.45. The Balaban J connectivity index is 1.26. The first-order chi connectivity index (χ1) is 25.5. The molecule has 0 saturated heterocycles. The van der Waals surface area contributed by atoms with E-state index in [0.717, 1.165) is 38.9 Å². The topological polar surface area (TPSA) is 38.7 Å². The molecule has 0 fully saturated rings. The Morgan fingerprint density at radius 3 is 1.62 bits per heavy atom. The van der Waals surface area contributed by atoms with Crippen LogP contribution in [0.15, 0.2) is 176 Å². The minimum atomic E-state index is -0.0933. The van der Waals surface area contributed by atoms with Gasteiger partial charge in [-0.05, 0) is 81.3 Å². The van der Waals surface area contributed by atoms with Crippen LogP contribution in [0.4, 0.5) is 0 Å². The van der Waals surface area contributed by atoms with Crippen LogP contribution in [0.1, 0.15) is 37.5 Å². The molecule has 3 nitrogen and oxygen atoms in total. The molecule has 52 heavy (non-hydrogen) atoms. The van der Waals surface area contributed by atoms with Crippen molar-refractivity contribution in [2.45, 2.75) is 26.2 Å². The average Bonchev–Trinajstić information content (AvgIpc) is 3.43. The molecule has 0 aliphatic heterocycles. The highest BCUT2D eigenvalue weighted by atomic mass is 15.0. The predicted molar refractivity (Wildman–Crippen MR) is 218 cm³/mol. The van der Waals surface area contributed by atoms with Crippen molar-refractivity contribution < 1.29 is 0 Å². The fraction of sp³-hybridized carbons (Fsp3) is 0.0816. The molecule has 8 rings (SSSR count). The quantitative estimate of drug-likeness (QED) is 0.151. The lowest BCUT2D eigenvalue weighted by Gasteiger charge is -2.22. The van der Waals surface area contributed by atoms with Gasteiger partial charge in [0.15, 0.2) is 17.5 Å². The van der Waals surface area contributed by atoms with Crippen LogP contribution in [0.5, 0.6) is 0 Å². The number of allylic oxidation sites excluding steroid dienone is 5. The SMILES string of the molecule is C\C=C/C=C\C=C\c1ccc(-c2nc(-c3ccccc3)nc(-c3cc(-c4ccccc4)cc(-c4ccc5c(c4)C(C)(C)c4ccccc4-5)c3)n2)cc1. The highest BCUT2D eigenvalue weighted by Crippen LogP contribution is 2.49. The van der Waals surface area contributed by atoms with E-state index < -0.39 is 0 Å². The zero-order chi connectivity index (χ0) is 35.5. The second kappa shape index (κ2) is 14.0. The number of rotatable bonds is 8. The predicted octanol–water partition coefficient (Wildman–Crippen LogP) is 12.7. The summed E-state index contributed by atoms with van der Waals surface area (Å²) in [5, 5.41) is 0. The number of fused-ring (bicyclic) bond motifs is 3. The van der Waals surface area contributed by atoms with E-state index in [4.69, 9.17) is 15.0 Å². The summed E-state index contributed by atoms with van der Waals surface area (Å²) < 4.78 is 0. The molecule has 0 unspecified atom stereocenters. The summed E-state index contributed by atoms with van der Waals surface area (Å²) in [5.74, 6) is 1.91. The number of benzene rings is 6. The average molecular weight is 670 g/mol. The standard InChI is InChI=1S/C49H39N3/c1-4-5-6-7-10-17-34-24-26-37(27-25-34)47-50-46(36-20-13-9-14-21-36)51-48(52-47)41-31-39(35-18-11-8-12-19-35)30-40(32-41)38-28-29-43-42-22-15-16-23-44(42)49(2,3)45(43)33-38/h4-33H,1-3H3/b5-4-,7-6-,17-10+. The van der Waals surface area contributed by atoms with Crippen LogP contribution in [-0.2, 0) is 5.41 Å². The summed E-state index contributed by atoms with van der Waals surface area (Å²) in [6.07, 6.45) is 12.2. The molecule has 0 saturated carbocycles. The summed E-state index contributed by atoms with van der Waals surface area (Å²) in [4.78, 5) is 15.3. The van der Waals surface area contributed by atoms with Crippen molar-refractivity contribution in [2.24, 2.45) is 0 Å². The fourth-order valence-corrected chi connectivity index (χ4v) is 7.10. The van der Waals surface area contributed by atoms with Gasteiger partial charge in [-0.2, -0.15) is 0 Å². The van der Waals surface area contributed by atoms with Crippen molar-refractivity contribution in [3.8, 4) is 67.5 Å². The summed E-state index contributed by atoms with van der Waals surface area (Å²) in [5.41, 5.74) is 13.7. The van der Waals surface area contributed by atoms with Gasteiger partial charge in [0, 0.05) is 22.1 Å². The van der Waals surface area contributed by atoms with Crippen molar-refractivity contribution in [1.29, 1.82) is 0 Å². The maximum Gasteiger partial charge on any atom is 0.164 e. The number of hydrogen-bond donors (Lipinski definition) is 0. The molecule has 7 aromatic rings. The van der Waals surface area contributed by atoms with E-state index in [2.05, 4.69) is 135 Å². The van der Waals surface area contributed by atoms with E-state index in [9.17, 15) is 0 Å². The van der Waals surface area contributed by atoms with Crippen LogP contribution < -0.4 is 0 Å². The first kappa shape index (κ1) is 32.7. The molecule has 0 bridgehead atoms. The molecule has 1 aromatic heterocycles. The summed E-state index contributed by atoms with van der Waals surface area (Å²) in [6.45, 7) is 6.67. The van der Waals surface area contributed by atoms with Gasteiger partial charge in [0.05, 0.1) is 0 Å². The second-order valence-corrected chi connectivity index (χ2v) is 13.7. The first-order valence-electron chi connectivity index (χ1n) is 17.8. The largest absolute Gasteiger partial charge is 0.208 e. The van der Waals surface area contributed by atoms with Crippen molar-refractivity contribution in [1.82, 2.24) is 15.0 Å². The van der Waals surface area contributed by atoms with Crippen LogP contribution >= 0.6 is 0 Å². The van der Waals surface area contributed by atoms with Gasteiger partial charge in [-0.1, -0.05) is 172 Å². The van der Waals surface area contributed by atoms with Crippen molar-refractivity contribution >= 4 is 6.08 Å². The van der Waals surface area contributed by atoms with Gasteiger partial charge in [-0.3, -0.25) is 0 Å². The van der Waals surface area contributed by atoms with Gasteiger partial charge in [0.1, 0.15) is 0 Å². The third-order valence-electron chi connectivity index (χ3n) is 9.87. The zero-order valence-electron chi connectivity index (χ0n) is 29.7. The normalized spacial score (nSPS) is 13.2. The third-order valence-corrected chi connectivity index (χ3v) is 9.87. The van der Waals surface area contributed by atoms with Crippen molar-refractivity contribution in [3.63, 3.8) is 0 Å². The number of hydrogen-bond acceptors (Lipinski definition) is 3. The lowest BCUT2D eigenvalue weighted by Crippen LogP contribution is -2.14. The van der Waals surface area contributed by atoms with Gasteiger partial charge < -0.3 is 0 Å². The van der Waals surface area contributed by atoms with Gasteiger partial charge in [-0.15, -0.1) is 0 Å². The van der Waals surface area contributed by atoms with E-state index in [1.54, 1.807) is 0 Å². The van der Waals surface area contributed by atoms with Crippen LogP contribution in [0.25, 0.3) is 73.6 Å². The molecule has 0 amide bonds. The fourth-order valence-electron chi connectivity index (χ4n) is 7.10. The summed E-state index contributed by atoms with van der Waals surface area (Å²) in [7, 11) is 0. The first-order valence-corrected chi connectivity index (χ1v) is 17.8. The smallest absolute Gasteiger partial charge is 0.164 e. The van der Waals surface area contributed by atoms with Gasteiger partial charge in [0.2, 0.25) is 0 Å². The summed E-state index contributed by atoms with van der Waals surface area (Å²) >= 11 is 0.